The predicted molar refractivity (Wildman–Crippen MR) is 90.9 cm³/mol. The molecule has 26 heavy (non-hydrogen) atoms. The summed E-state index contributed by atoms with van der Waals surface area (Å²) in [4.78, 5) is 31.5. The summed E-state index contributed by atoms with van der Waals surface area (Å²) >= 11 is 0. The Labute approximate surface area is 152 Å². The first kappa shape index (κ1) is 18.5. The van der Waals surface area contributed by atoms with Crippen molar-refractivity contribution in [2.24, 2.45) is 0 Å². The summed E-state index contributed by atoms with van der Waals surface area (Å²) in [5, 5.41) is 11.4. The smallest absolute Gasteiger partial charge is 0.434 e. The van der Waals surface area contributed by atoms with Crippen LogP contribution in [-0.4, -0.2) is 64.2 Å². The van der Waals surface area contributed by atoms with Gasteiger partial charge in [-0.1, -0.05) is 30.3 Å². The van der Waals surface area contributed by atoms with Gasteiger partial charge in [-0.2, -0.15) is 5.06 Å². The quantitative estimate of drug-likeness (QED) is 0.862. The third kappa shape index (κ3) is 3.91. The van der Waals surface area contributed by atoms with Gasteiger partial charge in [-0.05, 0) is 26.3 Å². The minimum Gasteiger partial charge on any atom is -0.444 e. The fraction of sp³-hybridized carbons (Fsp3) is 0.556. The molecule has 2 aliphatic rings. The van der Waals surface area contributed by atoms with Gasteiger partial charge in [0.05, 0.1) is 25.3 Å². The molecular weight excluding hydrogens is 340 g/mol. The Hall–Kier alpha value is -2.32. The molecule has 0 radical (unpaired) electrons. The van der Waals surface area contributed by atoms with E-state index >= 15 is 0 Å². The average Bonchev–Trinajstić information content (AvgIpc) is 3.14. The fourth-order valence-electron chi connectivity index (χ4n) is 3.12. The number of hydroxylamine groups is 2. The topological polar surface area (TPSA) is 88.5 Å². The van der Waals surface area contributed by atoms with E-state index in [0.29, 0.717) is 0 Å². The number of hydrogen-bond donors (Lipinski definition) is 1. The lowest BCUT2D eigenvalue weighted by Crippen LogP contribution is -2.45. The SMILES string of the molecule is CC(C)(C)OC(=O)N1C[C@H](O)[C@@H]2[C@H]1CON2C(=O)OCc1ccccc1. The van der Waals surface area contributed by atoms with Gasteiger partial charge >= 0.3 is 12.2 Å². The second-order valence-electron chi connectivity index (χ2n) is 7.42. The van der Waals surface area contributed by atoms with Gasteiger partial charge in [-0.15, -0.1) is 0 Å². The summed E-state index contributed by atoms with van der Waals surface area (Å²) in [7, 11) is 0. The van der Waals surface area contributed by atoms with E-state index in [1.54, 1.807) is 20.8 Å². The highest BCUT2D eigenvalue weighted by atomic mass is 16.7. The van der Waals surface area contributed by atoms with E-state index in [0.717, 1.165) is 10.6 Å². The Morgan fingerprint density at radius 3 is 2.58 bits per heavy atom. The van der Waals surface area contributed by atoms with E-state index in [1.165, 1.54) is 4.90 Å². The van der Waals surface area contributed by atoms with Crippen molar-refractivity contribution in [3.63, 3.8) is 0 Å². The van der Waals surface area contributed by atoms with Crippen LogP contribution in [-0.2, 0) is 20.9 Å². The normalized spacial score (nSPS) is 25.2. The molecule has 1 aromatic carbocycles. The van der Waals surface area contributed by atoms with Crippen molar-refractivity contribution in [3.05, 3.63) is 35.9 Å². The molecular formula is C18H24N2O6. The molecule has 3 atom stereocenters. The lowest BCUT2D eigenvalue weighted by atomic mass is 10.1. The van der Waals surface area contributed by atoms with E-state index in [-0.39, 0.29) is 19.8 Å². The molecule has 0 aliphatic carbocycles. The standard InChI is InChI=1S/C18H24N2O6/c1-18(2,3)26-16(22)19-9-14(21)15-13(19)11-25-20(15)17(23)24-10-12-7-5-4-6-8-12/h4-8,13-15,21H,9-11H2,1-3H3/t13-,14+,15+/m1/s1. The number of rotatable bonds is 2. The molecule has 142 valence electrons. The summed E-state index contributed by atoms with van der Waals surface area (Å²) in [5.74, 6) is 0. The monoisotopic (exact) mass is 364 g/mol. The number of ether oxygens (including phenoxy) is 2. The van der Waals surface area contributed by atoms with Gasteiger partial charge in [0.1, 0.15) is 18.2 Å². The summed E-state index contributed by atoms with van der Waals surface area (Å²) in [5.41, 5.74) is 0.201. The highest BCUT2D eigenvalue weighted by Gasteiger charge is 2.54. The Kier molecular flexibility index (Phi) is 5.06. The minimum absolute atomic E-state index is 0.0794. The van der Waals surface area contributed by atoms with E-state index in [9.17, 15) is 14.7 Å². The van der Waals surface area contributed by atoms with Crippen molar-refractivity contribution >= 4 is 12.2 Å². The average molecular weight is 364 g/mol. The van der Waals surface area contributed by atoms with Crippen LogP contribution in [0.3, 0.4) is 0 Å². The van der Waals surface area contributed by atoms with Crippen LogP contribution in [0.2, 0.25) is 0 Å². The third-order valence-corrected chi connectivity index (χ3v) is 4.24. The molecule has 2 amide bonds. The molecule has 1 aromatic rings. The van der Waals surface area contributed by atoms with Gasteiger partial charge in [-0.3, -0.25) is 9.74 Å². The van der Waals surface area contributed by atoms with Gasteiger partial charge in [-0.25, -0.2) is 9.59 Å². The van der Waals surface area contributed by atoms with Gasteiger partial charge in [0.25, 0.3) is 0 Å². The van der Waals surface area contributed by atoms with Crippen LogP contribution >= 0.6 is 0 Å². The molecule has 8 heteroatoms. The number of nitrogens with zero attached hydrogens (tertiary/aromatic N) is 2. The Morgan fingerprint density at radius 1 is 1.23 bits per heavy atom. The molecule has 8 nitrogen and oxygen atoms in total. The number of carbonyl (C=O) groups excluding carboxylic acids is 2. The van der Waals surface area contributed by atoms with Crippen molar-refractivity contribution < 1.29 is 29.0 Å². The second kappa shape index (κ2) is 7.13. The fourth-order valence-corrected chi connectivity index (χ4v) is 3.12. The second-order valence-corrected chi connectivity index (χ2v) is 7.42. The Morgan fingerprint density at radius 2 is 1.92 bits per heavy atom. The number of benzene rings is 1. The summed E-state index contributed by atoms with van der Waals surface area (Å²) in [6.45, 7) is 5.59. The van der Waals surface area contributed by atoms with Crippen LogP contribution in [0.4, 0.5) is 9.59 Å². The maximum Gasteiger partial charge on any atom is 0.434 e. The number of aliphatic hydroxyl groups is 1. The minimum atomic E-state index is -0.931. The largest absolute Gasteiger partial charge is 0.444 e. The lowest BCUT2D eigenvalue weighted by molar-refractivity contribution is -0.129. The maximum absolute atomic E-state index is 12.3. The molecule has 0 unspecified atom stereocenters. The number of amides is 2. The van der Waals surface area contributed by atoms with Gasteiger partial charge in [0.2, 0.25) is 0 Å². The molecule has 3 rings (SSSR count). The van der Waals surface area contributed by atoms with Crippen molar-refractivity contribution in [2.75, 3.05) is 13.2 Å². The third-order valence-electron chi connectivity index (χ3n) is 4.24. The predicted octanol–water partition coefficient (Wildman–Crippen LogP) is 1.92. The molecule has 0 aromatic heterocycles. The summed E-state index contributed by atoms with van der Waals surface area (Å²) < 4.78 is 10.6. The van der Waals surface area contributed by atoms with E-state index < -0.39 is 36.0 Å². The van der Waals surface area contributed by atoms with Crippen LogP contribution in [0.15, 0.2) is 30.3 Å². The lowest BCUT2D eigenvalue weighted by Gasteiger charge is -2.26. The number of fused-ring (bicyclic) bond motifs is 1. The first-order valence-corrected chi connectivity index (χ1v) is 8.57. The van der Waals surface area contributed by atoms with E-state index in [2.05, 4.69) is 0 Å². The van der Waals surface area contributed by atoms with Crippen LogP contribution < -0.4 is 0 Å². The summed E-state index contributed by atoms with van der Waals surface area (Å²) in [6.07, 6.45) is -2.15. The molecule has 2 heterocycles. The highest BCUT2D eigenvalue weighted by Crippen LogP contribution is 2.31. The molecule has 1 N–H and O–H groups in total. The Bertz CT molecular complexity index is 659. The van der Waals surface area contributed by atoms with E-state index in [4.69, 9.17) is 14.3 Å². The van der Waals surface area contributed by atoms with Crippen LogP contribution in [0.5, 0.6) is 0 Å². The molecule has 0 bridgehead atoms. The maximum atomic E-state index is 12.3. The van der Waals surface area contributed by atoms with Crippen molar-refractivity contribution in [1.29, 1.82) is 0 Å². The summed E-state index contributed by atoms with van der Waals surface area (Å²) in [6, 6.07) is 8.12. The zero-order valence-corrected chi connectivity index (χ0v) is 15.1. The zero-order valence-electron chi connectivity index (χ0n) is 15.1. The number of carbonyl (C=O) groups is 2. The van der Waals surface area contributed by atoms with Crippen LogP contribution in [0.25, 0.3) is 0 Å². The van der Waals surface area contributed by atoms with Crippen molar-refractivity contribution in [3.8, 4) is 0 Å². The molecule has 2 aliphatic heterocycles. The first-order valence-electron chi connectivity index (χ1n) is 8.57. The highest BCUT2D eigenvalue weighted by molar-refractivity contribution is 5.71. The van der Waals surface area contributed by atoms with Crippen LogP contribution in [0.1, 0.15) is 26.3 Å². The zero-order chi connectivity index (χ0) is 18.9. The number of likely N-dealkylation sites (tertiary alicyclic amines) is 1. The van der Waals surface area contributed by atoms with Crippen molar-refractivity contribution in [1.82, 2.24) is 9.96 Å². The molecule has 2 fully saturated rings. The van der Waals surface area contributed by atoms with Crippen molar-refractivity contribution in [2.45, 2.75) is 51.2 Å². The van der Waals surface area contributed by atoms with Gasteiger partial charge in [0.15, 0.2) is 0 Å². The number of aliphatic hydroxyl groups excluding tert-OH is 1. The van der Waals surface area contributed by atoms with E-state index in [1.807, 2.05) is 30.3 Å². The van der Waals surface area contributed by atoms with Gasteiger partial charge in [0, 0.05) is 0 Å². The number of hydrogen-bond acceptors (Lipinski definition) is 6. The Balaban J connectivity index is 1.62. The molecule has 0 spiro atoms. The molecule has 0 saturated carbocycles. The number of β-amino-alcohol motifs (C(OH)–C–C–N with tert-alkyl or cyclic N) is 1. The van der Waals surface area contributed by atoms with Gasteiger partial charge < -0.3 is 14.6 Å². The van der Waals surface area contributed by atoms with Crippen LogP contribution in [0, 0.1) is 0 Å². The first-order chi connectivity index (χ1) is 12.3. The molecule has 2 saturated heterocycles.